The highest BCUT2D eigenvalue weighted by Crippen LogP contribution is 2.35. The molecule has 10 heteroatoms. The molecule has 2 amide bonds. The van der Waals surface area contributed by atoms with Gasteiger partial charge in [0.1, 0.15) is 5.75 Å². The number of hydrogen-bond acceptors (Lipinski definition) is 7. The van der Waals surface area contributed by atoms with Crippen molar-refractivity contribution in [2.45, 2.75) is 12.8 Å². The molecule has 2 N–H and O–H groups in total. The highest BCUT2D eigenvalue weighted by molar-refractivity contribution is 7.22. The third-order valence-corrected chi connectivity index (χ3v) is 7.85. The molecule has 3 aromatic carbocycles. The summed E-state index contributed by atoms with van der Waals surface area (Å²) in [5, 5.41) is 13.4. The second-order valence-electron chi connectivity index (χ2n) is 9.85. The standard InChI is InChI=1S/C31H27N5O4S/c1-35(2)21-11-13-22(14-12-21)40-26-16-15-23(32-28(26)29(37)38)20-10-9-19-6-5-17-36(25(19)18-20)31(39)34-30-33-24-7-3-4-8-27(24)41-30/h3-4,7-16,18H,5-6,17H2,1-2H3,(H,37,38)(H,33,34,39). The van der Waals surface area contributed by atoms with Gasteiger partial charge in [0.05, 0.1) is 15.9 Å². The number of fused-ring (bicyclic) bond motifs is 2. The third kappa shape index (κ3) is 5.42. The second-order valence-corrected chi connectivity index (χ2v) is 10.9. The van der Waals surface area contributed by atoms with E-state index in [4.69, 9.17) is 4.74 Å². The molecule has 6 rings (SSSR count). The largest absolute Gasteiger partial charge is 0.476 e. The number of urea groups is 1. The van der Waals surface area contributed by atoms with E-state index < -0.39 is 5.97 Å². The molecule has 0 saturated carbocycles. The van der Waals surface area contributed by atoms with Crippen molar-refractivity contribution < 1.29 is 19.4 Å². The lowest BCUT2D eigenvalue weighted by molar-refractivity contribution is 0.0687. The summed E-state index contributed by atoms with van der Waals surface area (Å²) in [5.41, 5.74) is 4.63. The van der Waals surface area contributed by atoms with Gasteiger partial charge in [-0.15, -0.1) is 0 Å². The molecular formula is C31H27N5O4S. The molecule has 0 unspecified atom stereocenters. The van der Waals surface area contributed by atoms with Crippen LogP contribution in [-0.2, 0) is 6.42 Å². The molecule has 0 bridgehead atoms. The van der Waals surface area contributed by atoms with E-state index in [0.29, 0.717) is 28.7 Å². The number of pyridine rings is 1. The van der Waals surface area contributed by atoms with Gasteiger partial charge < -0.3 is 14.7 Å². The van der Waals surface area contributed by atoms with Crippen LogP contribution in [0.1, 0.15) is 22.5 Å². The number of carboxylic acid groups (broad SMARTS) is 1. The van der Waals surface area contributed by atoms with Crippen LogP contribution in [0.15, 0.2) is 78.9 Å². The van der Waals surface area contributed by atoms with Gasteiger partial charge in [0.25, 0.3) is 0 Å². The fourth-order valence-electron chi connectivity index (χ4n) is 4.81. The molecule has 0 spiro atoms. The highest BCUT2D eigenvalue weighted by Gasteiger charge is 2.25. The van der Waals surface area contributed by atoms with Crippen LogP contribution in [0.5, 0.6) is 11.5 Å². The number of nitrogens with zero attached hydrogens (tertiary/aromatic N) is 4. The van der Waals surface area contributed by atoms with Crippen LogP contribution in [0, 0.1) is 0 Å². The first-order chi connectivity index (χ1) is 19.9. The number of para-hydroxylation sites is 1. The molecule has 0 fully saturated rings. The number of carbonyl (C=O) groups excluding carboxylic acids is 1. The molecule has 5 aromatic rings. The Kier molecular flexibility index (Phi) is 6.98. The number of carboxylic acids is 1. The fourth-order valence-corrected chi connectivity index (χ4v) is 5.67. The summed E-state index contributed by atoms with van der Waals surface area (Å²) < 4.78 is 6.89. The zero-order valence-electron chi connectivity index (χ0n) is 22.5. The first-order valence-corrected chi connectivity index (χ1v) is 13.9. The number of nitrogens with one attached hydrogen (secondary N) is 1. The first kappa shape index (κ1) is 26.3. The number of carbonyl (C=O) groups is 2. The number of benzene rings is 3. The molecule has 3 heterocycles. The maximum atomic E-state index is 13.3. The van der Waals surface area contributed by atoms with E-state index in [1.807, 2.05) is 73.6 Å². The Morgan fingerprint density at radius 3 is 2.56 bits per heavy atom. The van der Waals surface area contributed by atoms with Gasteiger partial charge in [-0.1, -0.05) is 35.6 Å². The van der Waals surface area contributed by atoms with Crippen molar-refractivity contribution in [3.8, 4) is 22.8 Å². The predicted molar refractivity (Wildman–Crippen MR) is 162 cm³/mol. The van der Waals surface area contributed by atoms with Crippen molar-refractivity contribution in [2.75, 3.05) is 35.8 Å². The Hall–Kier alpha value is -4.96. The molecule has 41 heavy (non-hydrogen) atoms. The third-order valence-electron chi connectivity index (χ3n) is 6.89. The van der Waals surface area contributed by atoms with E-state index in [1.54, 1.807) is 29.2 Å². The fraction of sp³-hybridized carbons (Fsp3) is 0.161. The van der Waals surface area contributed by atoms with Crippen molar-refractivity contribution in [3.05, 3.63) is 90.1 Å². The van der Waals surface area contributed by atoms with Gasteiger partial charge in [-0.05, 0) is 73.0 Å². The number of aromatic carboxylic acids is 1. The minimum absolute atomic E-state index is 0.147. The average Bonchev–Trinajstić information content (AvgIpc) is 3.39. The molecule has 9 nitrogen and oxygen atoms in total. The van der Waals surface area contributed by atoms with Crippen LogP contribution in [0.4, 0.5) is 21.3 Å². The predicted octanol–water partition coefficient (Wildman–Crippen LogP) is 6.90. The molecule has 0 saturated heterocycles. The average molecular weight is 566 g/mol. The zero-order chi connectivity index (χ0) is 28.5. The lowest BCUT2D eigenvalue weighted by Gasteiger charge is -2.29. The summed E-state index contributed by atoms with van der Waals surface area (Å²) in [7, 11) is 3.88. The normalized spacial score (nSPS) is 12.6. The highest BCUT2D eigenvalue weighted by atomic mass is 32.1. The van der Waals surface area contributed by atoms with Crippen molar-refractivity contribution >= 4 is 50.1 Å². The van der Waals surface area contributed by atoms with Crippen molar-refractivity contribution in [1.82, 2.24) is 9.97 Å². The van der Waals surface area contributed by atoms with Crippen LogP contribution in [0.25, 0.3) is 21.5 Å². The van der Waals surface area contributed by atoms with Gasteiger partial charge in [0.15, 0.2) is 16.6 Å². The molecule has 206 valence electrons. The SMILES string of the molecule is CN(C)c1ccc(Oc2ccc(-c3ccc4c(c3)N(C(=O)Nc3nc5ccccc5s3)CCC4)nc2C(=O)O)cc1. The summed E-state index contributed by atoms with van der Waals surface area (Å²) in [6.45, 7) is 0.556. The van der Waals surface area contributed by atoms with E-state index >= 15 is 0 Å². The maximum absolute atomic E-state index is 13.3. The van der Waals surface area contributed by atoms with Gasteiger partial charge in [-0.25, -0.2) is 19.6 Å². The van der Waals surface area contributed by atoms with Gasteiger partial charge in [-0.3, -0.25) is 10.2 Å². The van der Waals surface area contributed by atoms with Crippen LogP contribution in [0.2, 0.25) is 0 Å². The topological polar surface area (TPSA) is 108 Å². The van der Waals surface area contributed by atoms with Crippen LogP contribution >= 0.6 is 11.3 Å². The Morgan fingerprint density at radius 2 is 1.80 bits per heavy atom. The van der Waals surface area contributed by atoms with E-state index in [0.717, 1.165) is 40.0 Å². The Balaban J connectivity index is 1.27. The molecule has 2 aromatic heterocycles. The Labute approximate surface area is 240 Å². The second kappa shape index (κ2) is 10.9. The van der Waals surface area contributed by atoms with Gasteiger partial charge in [0.2, 0.25) is 0 Å². The van der Waals surface area contributed by atoms with Crippen LogP contribution < -0.4 is 19.9 Å². The zero-order valence-corrected chi connectivity index (χ0v) is 23.3. The Bertz CT molecular complexity index is 1730. The lowest BCUT2D eigenvalue weighted by Crippen LogP contribution is -2.38. The molecular weight excluding hydrogens is 538 g/mol. The number of ether oxygens (including phenoxy) is 1. The summed E-state index contributed by atoms with van der Waals surface area (Å²) in [6.07, 6.45) is 1.68. The minimum atomic E-state index is -1.19. The quantitative estimate of drug-likeness (QED) is 0.231. The first-order valence-electron chi connectivity index (χ1n) is 13.1. The summed E-state index contributed by atoms with van der Waals surface area (Å²) in [6, 6.07) is 24.0. The Morgan fingerprint density at radius 1 is 1.00 bits per heavy atom. The summed E-state index contributed by atoms with van der Waals surface area (Å²) >= 11 is 1.43. The maximum Gasteiger partial charge on any atom is 0.358 e. The number of anilines is 3. The monoisotopic (exact) mass is 565 g/mol. The summed E-state index contributed by atoms with van der Waals surface area (Å²) in [4.78, 5) is 38.1. The van der Waals surface area contributed by atoms with Crippen molar-refractivity contribution in [2.24, 2.45) is 0 Å². The lowest BCUT2D eigenvalue weighted by atomic mass is 9.98. The van der Waals surface area contributed by atoms with Gasteiger partial charge >= 0.3 is 12.0 Å². The van der Waals surface area contributed by atoms with E-state index in [2.05, 4.69) is 15.3 Å². The number of rotatable bonds is 6. The van der Waals surface area contributed by atoms with E-state index in [1.165, 1.54) is 11.3 Å². The number of hydrogen-bond donors (Lipinski definition) is 2. The molecule has 0 atom stereocenters. The number of thiazole rings is 1. The minimum Gasteiger partial charge on any atom is -0.476 e. The van der Waals surface area contributed by atoms with Crippen molar-refractivity contribution in [1.29, 1.82) is 0 Å². The van der Waals surface area contributed by atoms with Crippen LogP contribution in [0.3, 0.4) is 0 Å². The smallest absolute Gasteiger partial charge is 0.358 e. The number of aryl methyl sites for hydroxylation is 1. The molecule has 0 radical (unpaired) electrons. The van der Waals surface area contributed by atoms with Gasteiger partial charge in [0, 0.05) is 37.6 Å². The molecule has 1 aliphatic rings. The van der Waals surface area contributed by atoms with E-state index in [9.17, 15) is 14.7 Å². The molecule has 1 aliphatic heterocycles. The molecule has 0 aliphatic carbocycles. The number of amides is 2. The number of aromatic nitrogens is 2. The van der Waals surface area contributed by atoms with E-state index in [-0.39, 0.29) is 17.5 Å². The summed E-state index contributed by atoms with van der Waals surface area (Å²) in [5.74, 6) is -0.536. The van der Waals surface area contributed by atoms with Gasteiger partial charge in [-0.2, -0.15) is 0 Å². The van der Waals surface area contributed by atoms with Crippen molar-refractivity contribution in [3.63, 3.8) is 0 Å². The van der Waals surface area contributed by atoms with Crippen LogP contribution in [-0.4, -0.2) is 47.7 Å².